The summed E-state index contributed by atoms with van der Waals surface area (Å²) < 4.78 is 2.06. The molecule has 0 N–H and O–H groups in total. The van der Waals surface area contributed by atoms with E-state index in [1.54, 1.807) is 0 Å². The number of aryl methyl sites for hydroxylation is 1. The maximum absolute atomic E-state index is 11.8. The number of hydrogen-bond acceptors (Lipinski definition) is 1. The van der Waals surface area contributed by atoms with Crippen molar-refractivity contribution in [3.8, 4) is 5.69 Å². The van der Waals surface area contributed by atoms with Crippen LogP contribution < -0.4 is 0 Å². The van der Waals surface area contributed by atoms with Gasteiger partial charge in [-0.25, -0.2) is 0 Å². The van der Waals surface area contributed by atoms with Crippen molar-refractivity contribution < 1.29 is 4.79 Å². The van der Waals surface area contributed by atoms with Crippen LogP contribution in [0.25, 0.3) is 5.69 Å². The summed E-state index contributed by atoms with van der Waals surface area (Å²) in [6, 6.07) is 7.87. The first kappa shape index (κ1) is 11.5. The van der Waals surface area contributed by atoms with Crippen molar-refractivity contribution in [1.29, 1.82) is 0 Å². The molecule has 0 atom stereocenters. The predicted molar refractivity (Wildman–Crippen MR) is 72.8 cm³/mol. The molecule has 0 unspecified atom stereocenters. The Bertz CT molecular complexity index is 627. The highest BCUT2D eigenvalue weighted by Gasteiger charge is 2.21. The normalized spacial score (nSPS) is 14.7. The minimum absolute atomic E-state index is 0.249. The molecule has 0 bridgehead atoms. The number of ketones is 1. The summed E-state index contributed by atoms with van der Waals surface area (Å²) in [5.74, 6) is 0.249. The molecule has 0 aliphatic heterocycles. The molecular weight excluding hydrogens is 246 g/mol. The molecule has 0 spiro atoms. The van der Waals surface area contributed by atoms with Crippen molar-refractivity contribution in [2.24, 2.45) is 0 Å². The predicted octanol–water partition coefficient (Wildman–Crippen LogP) is 3.96. The summed E-state index contributed by atoms with van der Waals surface area (Å²) in [7, 11) is 0. The lowest BCUT2D eigenvalue weighted by molar-refractivity contribution is 0.0972. The molecule has 3 heteroatoms. The van der Waals surface area contributed by atoms with Gasteiger partial charge in [-0.1, -0.05) is 17.7 Å². The first-order valence-electron chi connectivity index (χ1n) is 6.17. The third kappa shape index (κ3) is 1.77. The van der Waals surface area contributed by atoms with Crippen LogP contribution in [0.3, 0.4) is 0 Å². The van der Waals surface area contributed by atoms with Crippen LogP contribution in [-0.2, 0) is 6.42 Å². The molecule has 1 aromatic heterocycles. The van der Waals surface area contributed by atoms with Crippen LogP contribution in [-0.4, -0.2) is 10.4 Å². The van der Waals surface area contributed by atoms with E-state index in [2.05, 4.69) is 10.6 Å². The summed E-state index contributed by atoms with van der Waals surface area (Å²) >= 11 is 6.26. The molecule has 0 radical (unpaired) electrons. The quantitative estimate of drug-likeness (QED) is 0.760. The summed E-state index contributed by atoms with van der Waals surface area (Å²) in [6.07, 6.45) is 4.49. The highest BCUT2D eigenvalue weighted by atomic mass is 35.5. The fraction of sp³-hybridized carbons (Fsp3) is 0.267. The molecule has 2 aromatic rings. The van der Waals surface area contributed by atoms with Crippen molar-refractivity contribution in [3.63, 3.8) is 0 Å². The van der Waals surface area contributed by atoms with E-state index < -0.39 is 0 Å². The number of benzene rings is 1. The Labute approximate surface area is 111 Å². The topological polar surface area (TPSA) is 22.0 Å². The van der Waals surface area contributed by atoms with Crippen LogP contribution in [0.2, 0.25) is 5.02 Å². The van der Waals surface area contributed by atoms with Crippen molar-refractivity contribution in [2.45, 2.75) is 26.2 Å². The number of halogens is 1. The Kier molecular flexibility index (Phi) is 2.75. The molecular formula is C15H14ClNO. The maximum Gasteiger partial charge on any atom is 0.164 e. The van der Waals surface area contributed by atoms with Gasteiger partial charge in [-0.3, -0.25) is 4.79 Å². The van der Waals surface area contributed by atoms with Crippen molar-refractivity contribution in [3.05, 3.63) is 52.3 Å². The first-order chi connectivity index (χ1) is 8.66. The molecule has 0 amide bonds. The van der Waals surface area contributed by atoms with Gasteiger partial charge in [0.1, 0.15) is 0 Å². The van der Waals surface area contributed by atoms with Gasteiger partial charge >= 0.3 is 0 Å². The third-order valence-electron chi connectivity index (χ3n) is 3.47. The van der Waals surface area contributed by atoms with Gasteiger partial charge in [0.2, 0.25) is 0 Å². The second-order valence-corrected chi connectivity index (χ2v) is 5.18. The SMILES string of the molecule is Cc1ccc(Cl)c(-n2ccc3c2CCCC3=O)c1. The summed E-state index contributed by atoms with van der Waals surface area (Å²) in [5.41, 5.74) is 4.09. The number of hydrogen-bond donors (Lipinski definition) is 0. The molecule has 3 rings (SSSR count). The van der Waals surface area contributed by atoms with Gasteiger partial charge in [-0.2, -0.15) is 0 Å². The van der Waals surface area contributed by atoms with E-state index in [-0.39, 0.29) is 5.78 Å². The smallest absolute Gasteiger partial charge is 0.164 e. The molecule has 1 aliphatic rings. The van der Waals surface area contributed by atoms with Crippen LogP contribution in [0.4, 0.5) is 0 Å². The van der Waals surface area contributed by atoms with Crippen molar-refractivity contribution >= 4 is 17.4 Å². The molecule has 1 aliphatic carbocycles. The van der Waals surface area contributed by atoms with Crippen LogP contribution >= 0.6 is 11.6 Å². The van der Waals surface area contributed by atoms with Gasteiger partial charge in [-0.05, 0) is 43.5 Å². The Hall–Kier alpha value is -1.54. The van der Waals surface area contributed by atoms with Gasteiger partial charge < -0.3 is 4.57 Å². The molecule has 1 aromatic carbocycles. The summed E-state index contributed by atoms with van der Waals surface area (Å²) in [4.78, 5) is 11.8. The lowest BCUT2D eigenvalue weighted by Gasteiger charge is -2.16. The summed E-state index contributed by atoms with van der Waals surface area (Å²) in [5, 5.41) is 0.719. The second kappa shape index (κ2) is 4.29. The lowest BCUT2D eigenvalue weighted by atomic mass is 9.96. The minimum Gasteiger partial charge on any atom is -0.319 e. The van der Waals surface area contributed by atoms with Crippen LogP contribution in [0.5, 0.6) is 0 Å². The molecule has 0 saturated carbocycles. The number of carbonyl (C=O) groups is 1. The fourth-order valence-electron chi connectivity index (χ4n) is 2.56. The van der Waals surface area contributed by atoms with E-state index in [0.717, 1.165) is 34.8 Å². The van der Waals surface area contributed by atoms with Gasteiger partial charge in [0.05, 0.1) is 10.7 Å². The van der Waals surface area contributed by atoms with Gasteiger partial charge in [0.25, 0.3) is 0 Å². The maximum atomic E-state index is 11.8. The zero-order valence-corrected chi connectivity index (χ0v) is 11.0. The molecule has 0 saturated heterocycles. The largest absolute Gasteiger partial charge is 0.319 e. The van der Waals surface area contributed by atoms with E-state index >= 15 is 0 Å². The first-order valence-corrected chi connectivity index (χ1v) is 6.54. The molecule has 2 nitrogen and oxygen atoms in total. The Morgan fingerprint density at radius 2 is 2.06 bits per heavy atom. The third-order valence-corrected chi connectivity index (χ3v) is 3.79. The number of rotatable bonds is 1. The van der Waals surface area contributed by atoms with Crippen LogP contribution in [0.15, 0.2) is 30.5 Å². The zero-order valence-electron chi connectivity index (χ0n) is 10.2. The molecule has 0 fully saturated rings. The molecule has 92 valence electrons. The van der Waals surface area contributed by atoms with Crippen LogP contribution in [0.1, 0.15) is 34.5 Å². The van der Waals surface area contributed by atoms with Crippen molar-refractivity contribution in [2.75, 3.05) is 0 Å². The standard InChI is InChI=1S/C15H14ClNO/c1-10-5-6-12(16)14(9-10)17-8-7-11-13(17)3-2-4-15(11)18/h5-9H,2-4H2,1H3. The summed E-state index contributed by atoms with van der Waals surface area (Å²) in [6.45, 7) is 2.04. The van der Waals surface area contributed by atoms with E-state index in [1.807, 2.05) is 31.3 Å². The highest BCUT2D eigenvalue weighted by molar-refractivity contribution is 6.32. The monoisotopic (exact) mass is 259 g/mol. The van der Waals surface area contributed by atoms with E-state index in [1.165, 1.54) is 5.56 Å². The number of carbonyl (C=O) groups excluding carboxylic acids is 1. The second-order valence-electron chi connectivity index (χ2n) is 4.78. The fourth-order valence-corrected chi connectivity index (χ4v) is 2.77. The Morgan fingerprint density at radius 3 is 2.89 bits per heavy atom. The van der Waals surface area contributed by atoms with E-state index in [0.29, 0.717) is 6.42 Å². The average molecular weight is 260 g/mol. The Balaban J connectivity index is 2.18. The van der Waals surface area contributed by atoms with Gasteiger partial charge in [0.15, 0.2) is 5.78 Å². The lowest BCUT2D eigenvalue weighted by Crippen LogP contribution is -2.12. The van der Waals surface area contributed by atoms with E-state index in [9.17, 15) is 4.79 Å². The minimum atomic E-state index is 0.249. The van der Waals surface area contributed by atoms with Gasteiger partial charge in [-0.15, -0.1) is 0 Å². The number of aromatic nitrogens is 1. The molecule has 1 heterocycles. The zero-order chi connectivity index (χ0) is 12.7. The van der Waals surface area contributed by atoms with E-state index in [4.69, 9.17) is 11.6 Å². The average Bonchev–Trinajstić information content (AvgIpc) is 2.77. The number of Topliss-reactive ketones (excluding diaryl/α,β-unsaturated/α-hetero) is 1. The molecule has 18 heavy (non-hydrogen) atoms. The number of fused-ring (bicyclic) bond motifs is 1. The van der Waals surface area contributed by atoms with Crippen molar-refractivity contribution in [1.82, 2.24) is 4.57 Å². The Morgan fingerprint density at radius 1 is 1.22 bits per heavy atom. The number of nitrogens with zero attached hydrogens (tertiary/aromatic N) is 1. The highest BCUT2D eigenvalue weighted by Crippen LogP contribution is 2.29. The van der Waals surface area contributed by atoms with Crippen LogP contribution in [0, 0.1) is 6.92 Å². The van der Waals surface area contributed by atoms with Gasteiger partial charge in [0, 0.05) is 23.9 Å².